The number of methoxy groups -OCH3 is 1. The van der Waals surface area contributed by atoms with Crippen LogP contribution in [0, 0.1) is 5.41 Å². The third kappa shape index (κ3) is 6.81. The summed E-state index contributed by atoms with van der Waals surface area (Å²) in [7, 11) is 1.73. The molecule has 10 nitrogen and oxygen atoms in total. The number of rotatable bonds is 11. The van der Waals surface area contributed by atoms with Crippen molar-refractivity contribution in [2.45, 2.75) is 25.9 Å². The SMILES string of the molecule is COC(CN/C=C(\C=N)c1cnc2ccc(Nc3cc(C(C)C)cnn3)nc2c1)CN1CCOCC1. The molecule has 1 unspecified atom stereocenters. The van der Waals surface area contributed by atoms with Crippen molar-refractivity contribution < 1.29 is 9.47 Å². The predicted octanol–water partition coefficient (Wildman–Crippen LogP) is 3.21. The molecule has 0 bridgehead atoms. The van der Waals surface area contributed by atoms with E-state index >= 15 is 0 Å². The average Bonchev–Trinajstić information content (AvgIpc) is 2.90. The van der Waals surface area contributed by atoms with Crippen LogP contribution < -0.4 is 10.6 Å². The van der Waals surface area contributed by atoms with Gasteiger partial charge >= 0.3 is 0 Å². The second-order valence-electron chi connectivity index (χ2n) is 9.04. The van der Waals surface area contributed by atoms with Gasteiger partial charge in [-0.15, -0.1) is 5.10 Å². The Kier molecular flexibility index (Phi) is 8.88. The highest BCUT2D eigenvalue weighted by molar-refractivity contribution is 6.08. The van der Waals surface area contributed by atoms with Crippen LogP contribution in [0.3, 0.4) is 0 Å². The predicted molar refractivity (Wildman–Crippen MR) is 142 cm³/mol. The first-order valence-corrected chi connectivity index (χ1v) is 12.2. The Bertz CT molecular complexity index is 1190. The van der Waals surface area contributed by atoms with Gasteiger partial charge in [0.2, 0.25) is 0 Å². The molecule has 0 aliphatic carbocycles. The summed E-state index contributed by atoms with van der Waals surface area (Å²) in [5.74, 6) is 1.66. The van der Waals surface area contributed by atoms with Gasteiger partial charge in [0, 0.05) is 63.0 Å². The number of nitrogens with zero attached hydrogens (tertiary/aromatic N) is 5. The maximum atomic E-state index is 7.92. The number of morpholine rings is 1. The molecule has 0 saturated carbocycles. The molecule has 1 atom stereocenters. The lowest BCUT2D eigenvalue weighted by Crippen LogP contribution is -2.44. The van der Waals surface area contributed by atoms with Crippen molar-refractivity contribution >= 4 is 34.5 Å². The molecular weight excluding hydrogens is 456 g/mol. The van der Waals surface area contributed by atoms with Gasteiger partial charge in [-0.2, -0.15) is 5.10 Å². The van der Waals surface area contributed by atoms with Crippen molar-refractivity contribution in [1.82, 2.24) is 30.4 Å². The topological polar surface area (TPSA) is 121 Å². The number of hydrogen-bond donors (Lipinski definition) is 3. The van der Waals surface area contributed by atoms with Gasteiger partial charge in [0.05, 0.1) is 36.5 Å². The molecule has 36 heavy (non-hydrogen) atoms. The molecule has 10 heteroatoms. The zero-order chi connectivity index (χ0) is 25.3. The number of aromatic nitrogens is 4. The molecule has 4 rings (SSSR count). The van der Waals surface area contributed by atoms with Crippen molar-refractivity contribution in [3.63, 3.8) is 0 Å². The molecular formula is C26H34N8O2. The van der Waals surface area contributed by atoms with Crippen LogP contribution in [0.1, 0.15) is 30.9 Å². The summed E-state index contributed by atoms with van der Waals surface area (Å²) in [6.45, 7) is 9.07. The number of allylic oxidation sites excluding steroid dienone is 1. The van der Waals surface area contributed by atoms with Crippen molar-refractivity contribution in [2.24, 2.45) is 0 Å². The largest absolute Gasteiger partial charge is 0.388 e. The fourth-order valence-corrected chi connectivity index (χ4v) is 3.93. The van der Waals surface area contributed by atoms with Crippen molar-refractivity contribution in [3.05, 3.63) is 54.0 Å². The molecule has 0 amide bonds. The van der Waals surface area contributed by atoms with E-state index in [1.54, 1.807) is 19.5 Å². The first-order chi connectivity index (χ1) is 17.6. The fourth-order valence-electron chi connectivity index (χ4n) is 3.93. The minimum atomic E-state index is 0.0358. The highest BCUT2D eigenvalue weighted by Crippen LogP contribution is 2.21. The van der Waals surface area contributed by atoms with Gasteiger partial charge in [-0.25, -0.2) is 4.98 Å². The number of pyridine rings is 2. The summed E-state index contributed by atoms with van der Waals surface area (Å²) in [6, 6.07) is 7.69. The van der Waals surface area contributed by atoms with Gasteiger partial charge < -0.3 is 25.5 Å². The molecule has 1 saturated heterocycles. The first-order valence-electron chi connectivity index (χ1n) is 12.2. The molecule has 0 aromatic carbocycles. The summed E-state index contributed by atoms with van der Waals surface area (Å²) >= 11 is 0. The second-order valence-corrected chi connectivity index (χ2v) is 9.04. The Morgan fingerprint density at radius 2 is 2.00 bits per heavy atom. The molecule has 3 N–H and O–H groups in total. The molecule has 1 aliphatic rings. The highest BCUT2D eigenvalue weighted by atomic mass is 16.5. The van der Waals surface area contributed by atoms with Crippen molar-refractivity contribution in [1.29, 1.82) is 5.41 Å². The van der Waals surface area contributed by atoms with E-state index in [2.05, 4.69) is 44.6 Å². The van der Waals surface area contributed by atoms with Gasteiger partial charge in [0.1, 0.15) is 5.82 Å². The average molecular weight is 491 g/mol. The molecule has 4 heterocycles. The molecule has 1 fully saturated rings. The van der Waals surface area contributed by atoms with Gasteiger partial charge in [0.25, 0.3) is 0 Å². The number of nitrogens with one attached hydrogen (secondary N) is 3. The molecule has 3 aromatic heterocycles. The number of ether oxygens (including phenoxy) is 2. The van der Waals surface area contributed by atoms with E-state index in [0.717, 1.165) is 55.0 Å². The van der Waals surface area contributed by atoms with E-state index in [0.29, 0.717) is 29.7 Å². The Morgan fingerprint density at radius 1 is 1.17 bits per heavy atom. The fraction of sp³-hybridized carbons (Fsp3) is 0.423. The Balaban J connectivity index is 1.45. The third-order valence-electron chi connectivity index (χ3n) is 6.13. The summed E-state index contributed by atoms with van der Waals surface area (Å²) in [4.78, 5) is 11.6. The number of anilines is 2. The van der Waals surface area contributed by atoms with E-state index in [-0.39, 0.29) is 6.10 Å². The van der Waals surface area contributed by atoms with E-state index in [1.165, 1.54) is 6.21 Å². The number of hydrogen-bond acceptors (Lipinski definition) is 10. The lowest BCUT2D eigenvalue weighted by molar-refractivity contribution is 0.00400. The maximum Gasteiger partial charge on any atom is 0.154 e. The molecule has 3 aromatic rings. The zero-order valence-electron chi connectivity index (χ0n) is 21.1. The Morgan fingerprint density at radius 3 is 2.75 bits per heavy atom. The van der Waals surface area contributed by atoms with E-state index in [9.17, 15) is 0 Å². The first kappa shape index (κ1) is 25.6. The van der Waals surface area contributed by atoms with Crippen LogP contribution in [0.2, 0.25) is 0 Å². The molecule has 190 valence electrons. The van der Waals surface area contributed by atoms with Gasteiger partial charge in [-0.3, -0.25) is 9.88 Å². The lowest BCUT2D eigenvalue weighted by atomic mass is 10.1. The highest BCUT2D eigenvalue weighted by Gasteiger charge is 2.16. The third-order valence-corrected chi connectivity index (χ3v) is 6.13. The van der Waals surface area contributed by atoms with E-state index in [1.807, 2.05) is 30.5 Å². The molecule has 0 spiro atoms. The van der Waals surface area contributed by atoms with Crippen LogP contribution in [-0.4, -0.2) is 83.9 Å². The van der Waals surface area contributed by atoms with Gasteiger partial charge in [-0.1, -0.05) is 13.8 Å². The van der Waals surface area contributed by atoms with Crippen LogP contribution >= 0.6 is 0 Å². The van der Waals surface area contributed by atoms with E-state index < -0.39 is 0 Å². The summed E-state index contributed by atoms with van der Waals surface area (Å²) in [5, 5.41) is 22.7. The minimum Gasteiger partial charge on any atom is -0.388 e. The standard InChI is InChI=1S/C26H34N8O2/c1-18(2)19-11-26(33-30-15-19)32-25-5-4-23-24(31-25)10-20(14-29-23)21(12-27)13-28-16-22(35-3)17-34-6-8-36-9-7-34/h4-5,10-15,18,22,27-28H,6-9,16-17H2,1-3H3,(H,31,32,33)/b21-13+,27-12?. The quantitative estimate of drug-likeness (QED) is 0.348. The summed E-state index contributed by atoms with van der Waals surface area (Å²) in [5.41, 5.74) is 4.11. The Hall–Kier alpha value is -3.47. The normalized spacial score (nSPS) is 15.7. The number of fused-ring (bicyclic) bond motifs is 1. The van der Waals surface area contributed by atoms with E-state index in [4.69, 9.17) is 19.9 Å². The van der Waals surface area contributed by atoms with Gasteiger partial charge in [0.15, 0.2) is 5.82 Å². The lowest BCUT2D eigenvalue weighted by Gasteiger charge is -2.29. The second kappa shape index (κ2) is 12.5. The van der Waals surface area contributed by atoms with Crippen LogP contribution in [0.15, 0.2) is 42.9 Å². The minimum absolute atomic E-state index is 0.0358. The van der Waals surface area contributed by atoms with Crippen molar-refractivity contribution in [2.75, 3.05) is 51.8 Å². The maximum absolute atomic E-state index is 7.92. The van der Waals surface area contributed by atoms with Crippen LogP contribution in [0.4, 0.5) is 11.6 Å². The van der Waals surface area contributed by atoms with Crippen LogP contribution in [0.25, 0.3) is 16.6 Å². The van der Waals surface area contributed by atoms with Gasteiger partial charge in [-0.05, 0) is 35.7 Å². The van der Waals surface area contributed by atoms with Crippen LogP contribution in [-0.2, 0) is 9.47 Å². The smallest absolute Gasteiger partial charge is 0.154 e. The zero-order valence-corrected chi connectivity index (χ0v) is 21.1. The monoisotopic (exact) mass is 490 g/mol. The van der Waals surface area contributed by atoms with Crippen LogP contribution in [0.5, 0.6) is 0 Å². The molecule has 0 radical (unpaired) electrons. The summed E-state index contributed by atoms with van der Waals surface area (Å²) < 4.78 is 11.1. The van der Waals surface area contributed by atoms with Crippen molar-refractivity contribution in [3.8, 4) is 0 Å². The summed E-state index contributed by atoms with van der Waals surface area (Å²) in [6.07, 6.45) is 6.71. The molecule has 1 aliphatic heterocycles. The Labute approximate surface area is 211 Å².